The van der Waals surface area contributed by atoms with Gasteiger partial charge in [0.1, 0.15) is 0 Å². The van der Waals surface area contributed by atoms with Crippen LogP contribution in [-0.2, 0) is 0 Å². The van der Waals surface area contributed by atoms with Gasteiger partial charge in [-0.05, 0) is 50.8 Å². The third-order valence-electron chi connectivity index (χ3n) is 4.81. The van der Waals surface area contributed by atoms with E-state index in [0.717, 1.165) is 17.1 Å². The van der Waals surface area contributed by atoms with Gasteiger partial charge in [-0.1, -0.05) is 6.07 Å². The molecule has 8 heteroatoms. The average Bonchev–Trinajstić information content (AvgIpc) is 3.02. The number of pyridine rings is 1. The van der Waals surface area contributed by atoms with Gasteiger partial charge in [0.15, 0.2) is 0 Å². The van der Waals surface area contributed by atoms with Crippen molar-refractivity contribution in [3.63, 3.8) is 0 Å². The van der Waals surface area contributed by atoms with Crippen molar-refractivity contribution >= 4 is 11.7 Å². The molecule has 1 saturated carbocycles. The fraction of sp³-hybridized carbons (Fsp3) is 0.389. The first kappa shape index (κ1) is 16.6. The van der Waals surface area contributed by atoms with Crippen LogP contribution < -0.4 is 5.32 Å². The highest BCUT2D eigenvalue weighted by Crippen LogP contribution is 2.37. The van der Waals surface area contributed by atoms with Gasteiger partial charge in [-0.3, -0.25) is 14.2 Å². The molecule has 2 N–H and O–H groups in total. The van der Waals surface area contributed by atoms with E-state index in [4.69, 9.17) is 0 Å². The van der Waals surface area contributed by atoms with Crippen molar-refractivity contribution in [1.82, 2.24) is 29.9 Å². The van der Waals surface area contributed by atoms with Gasteiger partial charge in [0, 0.05) is 17.6 Å². The molecule has 1 atom stereocenters. The van der Waals surface area contributed by atoms with E-state index in [1.165, 1.54) is 0 Å². The summed E-state index contributed by atoms with van der Waals surface area (Å²) in [5.74, 6) is 0.416. The Bertz CT molecular complexity index is 949. The Hall–Kier alpha value is -2.87. The zero-order valence-electron chi connectivity index (χ0n) is 14.6. The number of nitrogens with one attached hydrogen (secondary N) is 1. The second-order valence-electron chi connectivity index (χ2n) is 6.79. The van der Waals surface area contributed by atoms with Crippen LogP contribution in [0.25, 0.3) is 5.78 Å². The molecule has 0 unspecified atom stereocenters. The summed E-state index contributed by atoms with van der Waals surface area (Å²) in [4.78, 5) is 21.6. The van der Waals surface area contributed by atoms with Crippen molar-refractivity contribution < 1.29 is 9.90 Å². The van der Waals surface area contributed by atoms with Gasteiger partial charge in [-0.25, -0.2) is 4.98 Å². The first-order valence-electron chi connectivity index (χ1n) is 8.62. The number of hydrogen-bond acceptors (Lipinski definition) is 6. The highest BCUT2D eigenvalue weighted by atomic mass is 16.3. The van der Waals surface area contributed by atoms with Gasteiger partial charge < -0.3 is 10.4 Å². The number of rotatable bonds is 4. The number of aliphatic hydroxyl groups is 1. The lowest BCUT2D eigenvalue weighted by Crippen LogP contribution is -2.42. The Morgan fingerprint density at radius 3 is 2.81 bits per heavy atom. The minimum absolute atomic E-state index is 0.143. The van der Waals surface area contributed by atoms with Crippen molar-refractivity contribution in [1.29, 1.82) is 0 Å². The molecule has 1 aliphatic rings. The summed E-state index contributed by atoms with van der Waals surface area (Å²) in [6, 6.07) is 7.21. The van der Waals surface area contributed by atoms with Crippen molar-refractivity contribution in [2.75, 3.05) is 0 Å². The van der Waals surface area contributed by atoms with Crippen LogP contribution in [-0.4, -0.2) is 41.7 Å². The summed E-state index contributed by atoms with van der Waals surface area (Å²) in [6.07, 6.45) is 2.67. The molecule has 8 nitrogen and oxygen atoms in total. The molecule has 1 fully saturated rings. The number of nitrogens with zero attached hydrogens (tertiary/aromatic N) is 5. The second-order valence-corrected chi connectivity index (χ2v) is 6.79. The largest absolute Gasteiger partial charge is 0.393 e. The molecule has 134 valence electrons. The highest BCUT2D eigenvalue weighted by molar-refractivity contribution is 5.91. The molecule has 0 radical (unpaired) electrons. The molecule has 3 aromatic rings. The van der Waals surface area contributed by atoms with Crippen molar-refractivity contribution in [3.8, 4) is 0 Å². The number of aryl methyl sites for hydroxylation is 2. The van der Waals surface area contributed by atoms with Crippen LogP contribution >= 0.6 is 0 Å². The summed E-state index contributed by atoms with van der Waals surface area (Å²) >= 11 is 0. The number of carbonyl (C=O) groups is 1. The summed E-state index contributed by atoms with van der Waals surface area (Å²) in [5.41, 5.74) is 2.44. The monoisotopic (exact) mass is 352 g/mol. The maximum Gasteiger partial charge on any atom is 0.290 e. The molecule has 0 aromatic carbocycles. The van der Waals surface area contributed by atoms with E-state index < -0.39 is 0 Å². The third kappa shape index (κ3) is 2.92. The molecule has 26 heavy (non-hydrogen) atoms. The van der Waals surface area contributed by atoms with Crippen molar-refractivity contribution in [2.24, 2.45) is 5.92 Å². The summed E-state index contributed by atoms with van der Waals surface area (Å²) < 4.78 is 1.65. The van der Waals surface area contributed by atoms with E-state index >= 15 is 0 Å². The number of aliphatic hydroxyl groups excluding tert-OH is 1. The van der Waals surface area contributed by atoms with Crippen molar-refractivity contribution in [2.45, 2.75) is 38.8 Å². The Morgan fingerprint density at radius 2 is 2.12 bits per heavy atom. The van der Waals surface area contributed by atoms with E-state index in [-0.39, 0.29) is 29.8 Å². The average molecular weight is 352 g/mol. The number of fused-ring (bicyclic) bond motifs is 1. The summed E-state index contributed by atoms with van der Waals surface area (Å²) in [7, 11) is 0. The molecule has 0 aliphatic heterocycles. The van der Waals surface area contributed by atoms with Crippen LogP contribution in [0.3, 0.4) is 0 Å². The van der Waals surface area contributed by atoms with E-state index in [1.807, 2.05) is 38.1 Å². The number of carbonyl (C=O) groups excluding carboxylic acids is 1. The lowest BCUT2D eigenvalue weighted by Gasteiger charge is -2.37. The van der Waals surface area contributed by atoms with Crippen molar-refractivity contribution in [3.05, 3.63) is 53.4 Å². The van der Waals surface area contributed by atoms with Gasteiger partial charge in [0.2, 0.25) is 5.82 Å². The van der Waals surface area contributed by atoms with E-state index in [9.17, 15) is 9.90 Å². The Labute approximate surface area is 150 Å². The molecular formula is C18H20N6O2. The predicted molar refractivity (Wildman–Crippen MR) is 93.4 cm³/mol. The topological polar surface area (TPSA) is 105 Å². The quantitative estimate of drug-likeness (QED) is 0.735. The molecule has 0 spiro atoms. The molecular weight excluding hydrogens is 332 g/mol. The van der Waals surface area contributed by atoms with Gasteiger partial charge in [0.25, 0.3) is 11.7 Å². The summed E-state index contributed by atoms with van der Waals surface area (Å²) in [6.45, 7) is 3.76. The standard InChI is InChI=1S/C18H20N6O2/c1-10-7-11(2)24-16(22-23-18(24)20-10)17(26)21-15(12-8-13(25)9-12)14-5-3-4-6-19-14/h3-7,12-13,15,25H,8-9H2,1-2H3,(H,21,26)/t12?,13?,15-/m0/s1. The maximum atomic E-state index is 12.9. The number of aromatic nitrogens is 5. The molecule has 3 heterocycles. The van der Waals surface area contributed by atoms with Crippen LogP contribution in [0.1, 0.15) is 46.6 Å². The lowest BCUT2D eigenvalue weighted by molar-refractivity contribution is 0.0227. The van der Waals surface area contributed by atoms with E-state index in [1.54, 1.807) is 10.6 Å². The zero-order valence-corrected chi connectivity index (χ0v) is 14.6. The van der Waals surface area contributed by atoms with Gasteiger partial charge in [-0.15, -0.1) is 10.2 Å². The van der Waals surface area contributed by atoms with Gasteiger partial charge >= 0.3 is 0 Å². The molecule has 1 aliphatic carbocycles. The smallest absolute Gasteiger partial charge is 0.290 e. The second kappa shape index (κ2) is 6.45. The van der Waals surface area contributed by atoms with Gasteiger partial charge in [-0.2, -0.15) is 0 Å². The minimum atomic E-state index is -0.330. The number of amides is 1. The van der Waals surface area contributed by atoms with Crippen LogP contribution in [0.15, 0.2) is 30.5 Å². The molecule has 0 bridgehead atoms. The lowest BCUT2D eigenvalue weighted by atomic mass is 9.76. The minimum Gasteiger partial charge on any atom is -0.393 e. The fourth-order valence-electron chi connectivity index (χ4n) is 3.48. The predicted octanol–water partition coefficient (Wildman–Crippen LogP) is 1.38. The van der Waals surface area contributed by atoms with Crippen LogP contribution in [0.2, 0.25) is 0 Å². The van der Waals surface area contributed by atoms with Crippen LogP contribution in [0.5, 0.6) is 0 Å². The normalized spacial score (nSPS) is 20.6. The third-order valence-corrected chi connectivity index (χ3v) is 4.81. The first-order chi connectivity index (χ1) is 12.5. The Morgan fingerprint density at radius 1 is 1.31 bits per heavy atom. The van der Waals surface area contributed by atoms with Gasteiger partial charge in [0.05, 0.1) is 17.8 Å². The first-order valence-corrected chi connectivity index (χ1v) is 8.62. The van der Waals surface area contributed by atoms with E-state index in [0.29, 0.717) is 18.6 Å². The fourth-order valence-corrected chi connectivity index (χ4v) is 3.48. The SMILES string of the molecule is Cc1cc(C)n2c(C(=O)N[C@H](c3ccccn3)C3CC(O)C3)nnc2n1. The highest BCUT2D eigenvalue weighted by Gasteiger charge is 2.37. The summed E-state index contributed by atoms with van der Waals surface area (Å²) in [5, 5.41) is 20.7. The maximum absolute atomic E-state index is 12.9. The van der Waals surface area contributed by atoms with Crippen LogP contribution in [0, 0.1) is 19.8 Å². The molecule has 0 saturated heterocycles. The van der Waals surface area contributed by atoms with Crippen LogP contribution in [0.4, 0.5) is 0 Å². The zero-order chi connectivity index (χ0) is 18.3. The number of hydrogen-bond donors (Lipinski definition) is 2. The molecule has 3 aromatic heterocycles. The Kier molecular flexibility index (Phi) is 4.12. The van der Waals surface area contributed by atoms with E-state index in [2.05, 4.69) is 25.5 Å². The Balaban J connectivity index is 1.65. The molecule has 4 rings (SSSR count). The molecule has 1 amide bonds.